The second-order valence-electron chi connectivity index (χ2n) is 5.97. The van der Waals surface area contributed by atoms with Crippen LogP contribution in [-0.2, 0) is 0 Å². The number of amides is 2. The van der Waals surface area contributed by atoms with Crippen molar-refractivity contribution in [3.8, 4) is 0 Å². The third-order valence-corrected chi connectivity index (χ3v) is 5.63. The Balaban J connectivity index is 1.80. The Bertz CT molecular complexity index is 306. The van der Waals surface area contributed by atoms with E-state index < -0.39 is 0 Å². The number of thioether (sulfide) groups is 1. The van der Waals surface area contributed by atoms with Crippen molar-refractivity contribution in [3.05, 3.63) is 0 Å². The molecule has 2 saturated carbocycles. The Labute approximate surface area is 120 Å². The molecule has 3 N–H and O–H groups in total. The first kappa shape index (κ1) is 15.0. The average Bonchev–Trinajstić information content (AvgIpc) is 2.88. The van der Waals surface area contributed by atoms with Crippen molar-refractivity contribution in [3.63, 3.8) is 0 Å². The predicted octanol–water partition coefficient (Wildman–Crippen LogP) is 2.26. The van der Waals surface area contributed by atoms with E-state index in [0.717, 1.165) is 38.5 Å². The van der Waals surface area contributed by atoms with E-state index in [4.69, 9.17) is 0 Å². The summed E-state index contributed by atoms with van der Waals surface area (Å²) in [5.41, 5.74) is -0.363. The number of rotatable bonds is 4. The lowest BCUT2D eigenvalue weighted by molar-refractivity contribution is 0.160. The van der Waals surface area contributed by atoms with Gasteiger partial charge in [-0.2, -0.15) is 11.8 Å². The van der Waals surface area contributed by atoms with Gasteiger partial charge < -0.3 is 15.7 Å². The molecule has 2 rings (SSSR count). The van der Waals surface area contributed by atoms with Crippen LogP contribution in [0.25, 0.3) is 0 Å². The molecule has 4 nitrogen and oxygen atoms in total. The SMILES string of the molecule is CSC1CCCC(NC(=O)NC2(CO)CCCC2)C1. The van der Waals surface area contributed by atoms with Gasteiger partial charge in [-0.25, -0.2) is 4.79 Å². The van der Waals surface area contributed by atoms with Crippen LogP contribution in [0.1, 0.15) is 51.4 Å². The summed E-state index contributed by atoms with van der Waals surface area (Å²) in [6.45, 7) is 0.0541. The highest BCUT2D eigenvalue weighted by molar-refractivity contribution is 7.99. The van der Waals surface area contributed by atoms with Crippen LogP contribution in [0, 0.1) is 0 Å². The summed E-state index contributed by atoms with van der Waals surface area (Å²) >= 11 is 1.90. The molecule has 2 unspecified atom stereocenters. The summed E-state index contributed by atoms with van der Waals surface area (Å²) < 4.78 is 0. The zero-order valence-corrected chi connectivity index (χ0v) is 12.6. The lowest BCUT2D eigenvalue weighted by Gasteiger charge is -2.32. The molecule has 0 spiro atoms. The monoisotopic (exact) mass is 286 g/mol. The Kier molecular flexibility index (Phi) is 5.39. The van der Waals surface area contributed by atoms with Crippen molar-refractivity contribution in [2.75, 3.05) is 12.9 Å². The number of nitrogens with one attached hydrogen (secondary N) is 2. The first-order valence-electron chi connectivity index (χ1n) is 7.40. The molecule has 110 valence electrons. The van der Waals surface area contributed by atoms with Crippen LogP contribution in [0.15, 0.2) is 0 Å². The fourth-order valence-electron chi connectivity index (χ4n) is 3.33. The van der Waals surface area contributed by atoms with E-state index in [2.05, 4.69) is 16.9 Å². The number of hydrogen-bond acceptors (Lipinski definition) is 3. The van der Waals surface area contributed by atoms with Crippen molar-refractivity contribution in [2.24, 2.45) is 0 Å². The normalized spacial score (nSPS) is 30.0. The number of aliphatic hydroxyl groups excluding tert-OH is 1. The molecule has 2 atom stereocenters. The highest BCUT2D eigenvalue weighted by atomic mass is 32.2. The number of aliphatic hydroxyl groups is 1. The molecule has 2 amide bonds. The van der Waals surface area contributed by atoms with Crippen LogP contribution < -0.4 is 10.6 Å². The number of hydrogen-bond donors (Lipinski definition) is 3. The molecular formula is C14H26N2O2S. The lowest BCUT2D eigenvalue weighted by atomic mass is 9.95. The molecule has 2 aliphatic carbocycles. The van der Waals surface area contributed by atoms with Gasteiger partial charge in [-0.05, 0) is 38.4 Å². The van der Waals surface area contributed by atoms with Gasteiger partial charge in [0, 0.05) is 11.3 Å². The average molecular weight is 286 g/mol. The highest BCUT2D eigenvalue weighted by Gasteiger charge is 2.35. The standard InChI is InChI=1S/C14H26N2O2S/c1-19-12-6-4-5-11(9-12)15-13(18)16-14(10-17)7-2-3-8-14/h11-12,17H,2-10H2,1H3,(H2,15,16,18). The second-order valence-corrected chi connectivity index (χ2v) is 7.10. The summed E-state index contributed by atoms with van der Waals surface area (Å²) in [7, 11) is 0. The van der Waals surface area contributed by atoms with Crippen molar-refractivity contribution >= 4 is 17.8 Å². The van der Waals surface area contributed by atoms with Crippen molar-refractivity contribution in [1.82, 2.24) is 10.6 Å². The molecule has 0 aromatic heterocycles. The highest BCUT2D eigenvalue weighted by Crippen LogP contribution is 2.29. The minimum atomic E-state index is -0.363. The van der Waals surface area contributed by atoms with E-state index in [1.807, 2.05) is 11.8 Å². The maximum atomic E-state index is 12.1. The van der Waals surface area contributed by atoms with Gasteiger partial charge in [-0.3, -0.25) is 0 Å². The first-order chi connectivity index (χ1) is 9.17. The van der Waals surface area contributed by atoms with Gasteiger partial charge in [0.2, 0.25) is 0 Å². The van der Waals surface area contributed by atoms with E-state index >= 15 is 0 Å². The third-order valence-electron chi connectivity index (χ3n) is 4.54. The van der Waals surface area contributed by atoms with Gasteiger partial charge in [-0.15, -0.1) is 0 Å². The molecule has 0 saturated heterocycles. The fraction of sp³-hybridized carbons (Fsp3) is 0.929. The Morgan fingerprint density at radius 3 is 2.68 bits per heavy atom. The summed E-state index contributed by atoms with van der Waals surface area (Å²) in [4.78, 5) is 12.1. The predicted molar refractivity (Wildman–Crippen MR) is 79.5 cm³/mol. The topological polar surface area (TPSA) is 61.4 Å². The quantitative estimate of drug-likeness (QED) is 0.743. The third kappa shape index (κ3) is 4.02. The summed E-state index contributed by atoms with van der Waals surface area (Å²) in [5, 5.41) is 16.3. The summed E-state index contributed by atoms with van der Waals surface area (Å²) in [6, 6.07) is 0.200. The van der Waals surface area contributed by atoms with Crippen LogP contribution in [-0.4, -0.2) is 40.8 Å². The Morgan fingerprint density at radius 2 is 2.05 bits per heavy atom. The van der Waals surface area contributed by atoms with Crippen molar-refractivity contribution in [2.45, 2.75) is 68.2 Å². The lowest BCUT2D eigenvalue weighted by Crippen LogP contribution is -2.55. The van der Waals surface area contributed by atoms with Gasteiger partial charge in [0.25, 0.3) is 0 Å². The first-order valence-corrected chi connectivity index (χ1v) is 8.68. The van der Waals surface area contributed by atoms with Crippen LogP contribution >= 0.6 is 11.8 Å². The van der Waals surface area contributed by atoms with E-state index in [-0.39, 0.29) is 18.2 Å². The molecule has 0 bridgehead atoms. The number of carbonyl (C=O) groups excluding carboxylic acids is 1. The van der Waals surface area contributed by atoms with E-state index in [1.165, 1.54) is 12.8 Å². The zero-order valence-electron chi connectivity index (χ0n) is 11.8. The van der Waals surface area contributed by atoms with Gasteiger partial charge in [0.05, 0.1) is 12.1 Å². The largest absolute Gasteiger partial charge is 0.394 e. The molecule has 0 radical (unpaired) electrons. The van der Waals surface area contributed by atoms with E-state index in [1.54, 1.807) is 0 Å². The fourth-order valence-corrected chi connectivity index (χ4v) is 4.15. The van der Waals surface area contributed by atoms with E-state index in [9.17, 15) is 9.90 Å². The molecule has 2 aliphatic rings. The smallest absolute Gasteiger partial charge is 0.315 e. The molecule has 5 heteroatoms. The minimum absolute atomic E-state index is 0.0541. The molecule has 2 fully saturated rings. The second kappa shape index (κ2) is 6.84. The van der Waals surface area contributed by atoms with Crippen molar-refractivity contribution in [1.29, 1.82) is 0 Å². The number of carbonyl (C=O) groups is 1. The van der Waals surface area contributed by atoms with Crippen molar-refractivity contribution < 1.29 is 9.90 Å². The molecule has 0 aromatic carbocycles. The Hall–Kier alpha value is -0.420. The van der Waals surface area contributed by atoms with Gasteiger partial charge >= 0.3 is 6.03 Å². The van der Waals surface area contributed by atoms with Gasteiger partial charge in [0.1, 0.15) is 0 Å². The van der Waals surface area contributed by atoms with Crippen LogP contribution in [0.4, 0.5) is 4.79 Å². The van der Waals surface area contributed by atoms with E-state index in [0.29, 0.717) is 11.3 Å². The van der Waals surface area contributed by atoms with Crippen LogP contribution in [0.2, 0.25) is 0 Å². The maximum absolute atomic E-state index is 12.1. The Morgan fingerprint density at radius 1 is 1.32 bits per heavy atom. The maximum Gasteiger partial charge on any atom is 0.315 e. The number of urea groups is 1. The molecule has 0 aromatic rings. The summed E-state index contributed by atoms with van der Waals surface area (Å²) in [5.74, 6) is 0. The molecule has 19 heavy (non-hydrogen) atoms. The van der Waals surface area contributed by atoms with Gasteiger partial charge in [0.15, 0.2) is 0 Å². The molecular weight excluding hydrogens is 260 g/mol. The molecule has 0 aliphatic heterocycles. The van der Waals surface area contributed by atoms with Crippen LogP contribution in [0.3, 0.4) is 0 Å². The van der Waals surface area contributed by atoms with Gasteiger partial charge in [-0.1, -0.05) is 19.3 Å². The minimum Gasteiger partial charge on any atom is -0.394 e. The zero-order chi connectivity index (χ0) is 13.7. The summed E-state index contributed by atoms with van der Waals surface area (Å²) in [6.07, 6.45) is 10.7. The van der Waals surface area contributed by atoms with Crippen LogP contribution in [0.5, 0.6) is 0 Å². The molecule has 0 heterocycles.